The van der Waals surface area contributed by atoms with Crippen LogP contribution in [0, 0.1) is 0 Å². The van der Waals surface area contributed by atoms with Gasteiger partial charge in [0.15, 0.2) is 0 Å². The molecule has 96 valence electrons. The molecule has 0 bridgehead atoms. The SMILES string of the molecule is C/C(=C\C(=O)N1CCCCC1)c1ccccc1O. The van der Waals surface area contributed by atoms with E-state index in [4.69, 9.17) is 0 Å². The fourth-order valence-electron chi connectivity index (χ4n) is 2.28. The molecule has 0 unspecified atom stereocenters. The third kappa shape index (κ3) is 2.92. The van der Waals surface area contributed by atoms with Crippen molar-refractivity contribution < 1.29 is 9.90 Å². The van der Waals surface area contributed by atoms with Crippen LogP contribution in [0.1, 0.15) is 31.7 Å². The van der Waals surface area contributed by atoms with Gasteiger partial charge in [0.2, 0.25) is 5.91 Å². The molecule has 0 aliphatic carbocycles. The highest BCUT2D eigenvalue weighted by Gasteiger charge is 2.15. The number of likely N-dealkylation sites (tertiary alicyclic amines) is 1. The first-order valence-corrected chi connectivity index (χ1v) is 6.44. The second-order valence-electron chi connectivity index (χ2n) is 4.73. The Morgan fingerprint density at radius 1 is 1.22 bits per heavy atom. The molecule has 0 aromatic heterocycles. The van der Waals surface area contributed by atoms with E-state index in [0.717, 1.165) is 37.1 Å². The van der Waals surface area contributed by atoms with Gasteiger partial charge in [0.25, 0.3) is 0 Å². The number of hydrogen-bond donors (Lipinski definition) is 1. The van der Waals surface area contributed by atoms with E-state index >= 15 is 0 Å². The summed E-state index contributed by atoms with van der Waals surface area (Å²) in [5.41, 5.74) is 1.53. The Labute approximate surface area is 108 Å². The van der Waals surface area contributed by atoms with E-state index in [-0.39, 0.29) is 11.7 Å². The van der Waals surface area contributed by atoms with Gasteiger partial charge in [0.1, 0.15) is 5.75 Å². The molecule has 1 N–H and O–H groups in total. The number of aromatic hydroxyl groups is 1. The van der Waals surface area contributed by atoms with Crippen molar-refractivity contribution in [3.8, 4) is 5.75 Å². The molecule has 1 aromatic carbocycles. The summed E-state index contributed by atoms with van der Waals surface area (Å²) in [6, 6.07) is 7.10. The molecule has 1 fully saturated rings. The summed E-state index contributed by atoms with van der Waals surface area (Å²) in [7, 11) is 0. The molecule has 1 saturated heterocycles. The standard InChI is InChI=1S/C15H19NO2/c1-12(13-7-3-4-8-14(13)17)11-15(18)16-9-5-2-6-10-16/h3-4,7-8,11,17H,2,5-6,9-10H2,1H3/b12-11+. The normalized spacial score (nSPS) is 16.7. The van der Waals surface area contributed by atoms with Gasteiger partial charge in [-0.05, 0) is 37.8 Å². The van der Waals surface area contributed by atoms with Gasteiger partial charge in [-0.2, -0.15) is 0 Å². The number of phenolic OH excluding ortho intramolecular Hbond substituents is 1. The average Bonchev–Trinajstić information content (AvgIpc) is 2.40. The topological polar surface area (TPSA) is 40.5 Å². The highest BCUT2D eigenvalue weighted by molar-refractivity contribution is 5.95. The zero-order valence-corrected chi connectivity index (χ0v) is 10.7. The number of phenols is 1. The lowest BCUT2D eigenvalue weighted by atomic mass is 10.1. The maximum atomic E-state index is 12.1. The van der Waals surface area contributed by atoms with Gasteiger partial charge < -0.3 is 10.0 Å². The van der Waals surface area contributed by atoms with E-state index in [1.807, 2.05) is 24.0 Å². The maximum absolute atomic E-state index is 12.1. The van der Waals surface area contributed by atoms with E-state index in [1.165, 1.54) is 6.42 Å². The number of allylic oxidation sites excluding steroid dienone is 1. The first-order valence-electron chi connectivity index (χ1n) is 6.44. The van der Waals surface area contributed by atoms with E-state index in [0.29, 0.717) is 0 Å². The van der Waals surface area contributed by atoms with Gasteiger partial charge in [-0.15, -0.1) is 0 Å². The molecule has 2 rings (SSSR count). The number of nitrogens with zero attached hydrogens (tertiary/aromatic N) is 1. The molecule has 0 spiro atoms. The lowest BCUT2D eigenvalue weighted by Crippen LogP contribution is -2.34. The Morgan fingerprint density at radius 2 is 1.89 bits per heavy atom. The molecule has 0 radical (unpaired) electrons. The number of carbonyl (C=O) groups is 1. The molecule has 1 amide bonds. The van der Waals surface area contributed by atoms with Crippen LogP contribution in [0.4, 0.5) is 0 Å². The second kappa shape index (κ2) is 5.71. The molecule has 1 aliphatic rings. The van der Waals surface area contributed by atoms with Crippen LogP contribution in [0.2, 0.25) is 0 Å². The van der Waals surface area contributed by atoms with Crippen LogP contribution in [-0.4, -0.2) is 29.0 Å². The van der Waals surface area contributed by atoms with Gasteiger partial charge in [0, 0.05) is 24.7 Å². The third-order valence-corrected chi connectivity index (χ3v) is 3.34. The second-order valence-corrected chi connectivity index (χ2v) is 4.73. The van der Waals surface area contributed by atoms with E-state index in [9.17, 15) is 9.90 Å². The van der Waals surface area contributed by atoms with Crippen molar-refractivity contribution in [3.05, 3.63) is 35.9 Å². The van der Waals surface area contributed by atoms with Gasteiger partial charge in [0.05, 0.1) is 0 Å². The summed E-state index contributed by atoms with van der Waals surface area (Å²) < 4.78 is 0. The van der Waals surface area contributed by atoms with Crippen molar-refractivity contribution in [1.82, 2.24) is 4.90 Å². The summed E-state index contributed by atoms with van der Waals surface area (Å²) in [5.74, 6) is 0.271. The maximum Gasteiger partial charge on any atom is 0.246 e. The zero-order chi connectivity index (χ0) is 13.0. The van der Waals surface area contributed by atoms with Crippen molar-refractivity contribution in [2.24, 2.45) is 0 Å². The van der Waals surface area contributed by atoms with E-state index in [1.54, 1.807) is 18.2 Å². The first-order chi connectivity index (χ1) is 8.68. The Balaban J connectivity index is 2.12. The number of amides is 1. The van der Waals surface area contributed by atoms with Crippen LogP contribution in [0.15, 0.2) is 30.3 Å². The van der Waals surface area contributed by atoms with E-state index < -0.39 is 0 Å². The summed E-state index contributed by atoms with van der Waals surface area (Å²) in [4.78, 5) is 13.9. The summed E-state index contributed by atoms with van der Waals surface area (Å²) >= 11 is 0. The van der Waals surface area contributed by atoms with Crippen molar-refractivity contribution >= 4 is 11.5 Å². The minimum atomic E-state index is 0.0513. The number of rotatable bonds is 2. The van der Waals surface area contributed by atoms with Crippen molar-refractivity contribution in [2.45, 2.75) is 26.2 Å². The number of benzene rings is 1. The predicted octanol–water partition coefficient (Wildman–Crippen LogP) is 2.81. The summed E-state index contributed by atoms with van der Waals surface area (Å²) in [5, 5.41) is 9.74. The van der Waals surface area contributed by atoms with Gasteiger partial charge in [-0.3, -0.25) is 4.79 Å². The minimum Gasteiger partial charge on any atom is -0.507 e. The summed E-state index contributed by atoms with van der Waals surface area (Å²) in [6.45, 7) is 3.56. The fraction of sp³-hybridized carbons (Fsp3) is 0.400. The van der Waals surface area contributed by atoms with Crippen LogP contribution in [0.3, 0.4) is 0 Å². The van der Waals surface area contributed by atoms with Crippen LogP contribution >= 0.6 is 0 Å². The molecular weight excluding hydrogens is 226 g/mol. The Bertz CT molecular complexity index is 459. The molecule has 1 aromatic rings. The van der Waals surface area contributed by atoms with Gasteiger partial charge in [-0.25, -0.2) is 0 Å². The largest absolute Gasteiger partial charge is 0.507 e. The van der Waals surface area contributed by atoms with Crippen LogP contribution in [0.25, 0.3) is 5.57 Å². The average molecular weight is 245 g/mol. The summed E-state index contributed by atoms with van der Waals surface area (Å²) in [6.07, 6.45) is 5.02. The highest BCUT2D eigenvalue weighted by Crippen LogP contribution is 2.24. The highest BCUT2D eigenvalue weighted by atomic mass is 16.3. The predicted molar refractivity (Wildman–Crippen MR) is 72.2 cm³/mol. The Hall–Kier alpha value is -1.77. The molecule has 0 atom stereocenters. The third-order valence-electron chi connectivity index (χ3n) is 3.34. The molecular formula is C15H19NO2. The Kier molecular flexibility index (Phi) is 4.03. The Morgan fingerprint density at radius 3 is 2.56 bits per heavy atom. The fourth-order valence-corrected chi connectivity index (χ4v) is 2.28. The molecule has 1 heterocycles. The monoisotopic (exact) mass is 245 g/mol. The van der Waals surface area contributed by atoms with Crippen molar-refractivity contribution in [2.75, 3.05) is 13.1 Å². The molecule has 3 nitrogen and oxygen atoms in total. The van der Waals surface area contributed by atoms with Gasteiger partial charge in [-0.1, -0.05) is 18.2 Å². The quantitative estimate of drug-likeness (QED) is 0.814. The molecule has 0 saturated carbocycles. The zero-order valence-electron chi connectivity index (χ0n) is 10.7. The number of piperidine rings is 1. The lowest BCUT2D eigenvalue weighted by Gasteiger charge is -2.25. The van der Waals surface area contributed by atoms with Crippen LogP contribution in [0.5, 0.6) is 5.75 Å². The number of para-hydroxylation sites is 1. The van der Waals surface area contributed by atoms with Crippen LogP contribution < -0.4 is 0 Å². The molecule has 1 aliphatic heterocycles. The smallest absolute Gasteiger partial charge is 0.246 e. The van der Waals surface area contributed by atoms with Crippen LogP contribution in [-0.2, 0) is 4.79 Å². The number of hydrogen-bond acceptors (Lipinski definition) is 2. The van der Waals surface area contributed by atoms with E-state index in [2.05, 4.69) is 0 Å². The van der Waals surface area contributed by atoms with Gasteiger partial charge >= 0.3 is 0 Å². The number of carbonyl (C=O) groups excluding carboxylic acids is 1. The molecule has 18 heavy (non-hydrogen) atoms. The molecule has 3 heteroatoms. The lowest BCUT2D eigenvalue weighted by molar-refractivity contribution is -0.126. The van der Waals surface area contributed by atoms with Crippen molar-refractivity contribution in [1.29, 1.82) is 0 Å². The van der Waals surface area contributed by atoms with Crippen molar-refractivity contribution in [3.63, 3.8) is 0 Å². The minimum absolute atomic E-state index is 0.0513. The first kappa shape index (κ1) is 12.7.